The number of carboxylic acid groups (broad SMARTS) is 1. The third-order valence-corrected chi connectivity index (χ3v) is 3.83. The molecule has 0 amide bonds. The fourth-order valence-corrected chi connectivity index (χ4v) is 2.41. The van der Waals surface area contributed by atoms with Crippen LogP contribution in [0.3, 0.4) is 0 Å². The number of carbonyl (C=O) groups is 1. The van der Waals surface area contributed by atoms with Gasteiger partial charge in [-0.05, 0) is 44.0 Å². The van der Waals surface area contributed by atoms with Gasteiger partial charge in [0.25, 0.3) is 0 Å². The molecule has 2 N–H and O–H groups in total. The summed E-state index contributed by atoms with van der Waals surface area (Å²) in [6.45, 7) is 6.44. The molecule has 0 fully saturated rings. The normalized spacial score (nSPS) is 15.2. The molecule has 1 unspecified atom stereocenters. The molecule has 1 aromatic carbocycles. The zero-order chi connectivity index (χ0) is 15.2. The van der Waals surface area contributed by atoms with E-state index in [1.807, 2.05) is 11.0 Å². The molecule has 0 bridgehead atoms. The van der Waals surface area contributed by atoms with Crippen molar-refractivity contribution in [1.29, 1.82) is 0 Å². The quantitative estimate of drug-likeness (QED) is 0.804. The van der Waals surface area contributed by atoms with Crippen LogP contribution in [0.1, 0.15) is 25.8 Å². The summed E-state index contributed by atoms with van der Waals surface area (Å²) in [7, 11) is 0. The average Bonchev–Trinajstić information content (AvgIpc) is 2.47. The Morgan fingerprint density at radius 2 is 2.33 bits per heavy atom. The third-order valence-electron chi connectivity index (χ3n) is 3.83. The van der Waals surface area contributed by atoms with Crippen molar-refractivity contribution < 1.29 is 14.6 Å². The molecule has 0 aliphatic carbocycles. The van der Waals surface area contributed by atoms with Gasteiger partial charge in [0.05, 0.1) is 12.2 Å². The number of nitrogens with zero attached hydrogens (tertiary/aromatic N) is 1. The first-order valence-electron chi connectivity index (χ1n) is 7.56. The fraction of sp³-hybridized carbons (Fsp3) is 0.562. The Morgan fingerprint density at radius 3 is 3.05 bits per heavy atom. The predicted octanol–water partition coefficient (Wildman–Crippen LogP) is 1.90. The Bertz CT molecular complexity index is 490. The van der Waals surface area contributed by atoms with E-state index in [1.165, 1.54) is 5.56 Å². The molecule has 0 spiro atoms. The molecular weight excluding hydrogens is 268 g/mol. The first-order valence-corrected chi connectivity index (χ1v) is 7.56. The molecule has 0 radical (unpaired) electrons. The number of fused-ring (bicyclic) bond motifs is 1. The number of carboxylic acids is 1. The number of nitrogens with one attached hydrogen (secondary N) is 1. The molecule has 2 rings (SSSR count). The summed E-state index contributed by atoms with van der Waals surface area (Å²) < 4.78 is 5.60. The van der Waals surface area contributed by atoms with E-state index >= 15 is 0 Å². The van der Waals surface area contributed by atoms with Gasteiger partial charge in [0, 0.05) is 6.04 Å². The highest BCUT2D eigenvalue weighted by molar-refractivity contribution is 5.75. The monoisotopic (exact) mass is 292 g/mol. The van der Waals surface area contributed by atoms with Crippen molar-refractivity contribution in [1.82, 2.24) is 5.32 Å². The maximum Gasteiger partial charge on any atom is 0.323 e. The lowest BCUT2D eigenvalue weighted by Crippen LogP contribution is -2.36. The minimum atomic E-state index is -0.813. The Kier molecular flexibility index (Phi) is 5.44. The van der Waals surface area contributed by atoms with E-state index in [1.54, 1.807) is 0 Å². The van der Waals surface area contributed by atoms with Gasteiger partial charge >= 0.3 is 5.97 Å². The van der Waals surface area contributed by atoms with Crippen LogP contribution >= 0.6 is 0 Å². The summed E-state index contributed by atoms with van der Waals surface area (Å²) in [5.41, 5.74) is 2.09. The second-order valence-electron chi connectivity index (χ2n) is 5.48. The molecule has 1 aliphatic rings. The Hall–Kier alpha value is -1.75. The zero-order valence-corrected chi connectivity index (χ0v) is 12.8. The molecule has 21 heavy (non-hydrogen) atoms. The summed E-state index contributed by atoms with van der Waals surface area (Å²) in [6, 6.07) is 6.58. The van der Waals surface area contributed by atoms with Gasteiger partial charge in [-0.1, -0.05) is 13.0 Å². The van der Waals surface area contributed by atoms with Crippen LogP contribution in [0.2, 0.25) is 0 Å². The highest BCUT2D eigenvalue weighted by Gasteiger charge is 2.20. The molecule has 116 valence electrons. The second kappa shape index (κ2) is 7.31. The highest BCUT2D eigenvalue weighted by atomic mass is 16.5. The Morgan fingerprint density at radius 1 is 1.52 bits per heavy atom. The molecule has 1 atom stereocenters. The maximum atomic E-state index is 10.9. The van der Waals surface area contributed by atoms with Gasteiger partial charge in [0.1, 0.15) is 18.9 Å². The van der Waals surface area contributed by atoms with Crippen LogP contribution in [0.4, 0.5) is 5.69 Å². The third kappa shape index (κ3) is 4.36. The molecule has 1 aromatic rings. The summed E-state index contributed by atoms with van der Waals surface area (Å²) >= 11 is 0. The highest BCUT2D eigenvalue weighted by Crippen LogP contribution is 2.32. The molecule has 1 heterocycles. The summed E-state index contributed by atoms with van der Waals surface area (Å²) in [5, 5.41) is 12.5. The summed E-state index contributed by atoms with van der Waals surface area (Å²) in [6.07, 6.45) is 2.04. The van der Waals surface area contributed by atoms with E-state index in [4.69, 9.17) is 9.84 Å². The number of hydrogen-bond acceptors (Lipinski definition) is 4. The SMILES string of the molecule is CCC(C)NCCc1ccc2c(c1)N(CC(=O)O)CCO2. The van der Waals surface area contributed by atoms with E-state index in [-0.39, 0.29) is 6.54 Å². The minimum absolute atomic E-state index is 0.0188. The number of aliphatic carboxylic acids is 1. The van der Waals surface area contributed by atoms with Crippen LogP contribution in [-0.4, -0.2) is 43.4 Å². The van der Waals surface area contributed by atoms with Crippen LogP contribution in [0.15, 0.2) is 18.2 Å². The van der Waals surface area contributed by atoms with Gasteiger partial charge in [-0.2, -0.15) is 0 Å². The largest absolute Gasteiger partial charge is 0.490 e. The lowest BCUT2D eigenvalue weighted by atomic mass is 10.1. The van der Waals surface area contributed by atoms with Crippen molar-refractivity contribution in [2.24, 2.45) is 0 Å². The molecule has 0 saturated heterocycles. The van der Waals surface area contributed by atoms with Gasteiger partial charge in [-0.3, -0.25) is 4.79 Å². The van der Waals surface area contributed by atoms with Crippen LogP contribution in [0.25, 0.3) is 0 Å². The Balaban J connectivity index is 2.03. The van der Waals surface area contributed by atoms with E-state index < -0.39 is 5.97 Å². The lowest BCUT2D eigenvalue weighted by molar-refractivity contribution is -0.135. The van der Waals surface area contributed by atoms with E-state index in [0.717, 1.165) is 30.8 Å². The van der Waals surface area contributed by atoms with Gasteiger partial charge < -0.3 is 20.1 Å². The van der Waals surface area contributed by atoms with Crippen molar-refractivity contribution in [3.05, 3.63) is 23.8 Å². The second-order valence-corrected chi connectivity index (χ2v) is 5.48. The minimum Gasteiger partial charge on any atom is -0.490 e. The first-order chi connectivity index (χ1) is 10.1. The zero-order valence-electron chi connectivity index (χ0n) is 12.8. The summed E-state index contributed by atoms with van der Waals surface area (Å²) in [5.74, 6) is -0.0344. The molecular formula is C16H24N2O3. The van der Waals surface area contributed by atoms with Crippen LogP contribution in [-0.2, 0) is 11.2 Å². The lowest BCUT2D eigenvalue weighted by Gasteiger charge is -2.30. The number of benzene rings is 1. The standard InChI is InChI=1S/C16H24N2O3/c1-3-12(2)17-7-6-13-4-5-15-14(10-13)18(8-9-21-15)11-16(19)20/h4-5,10,12,17H,3,6-9,11H2,1-2H3,(H,19,20). The molecule has 0 saturated carbocycles. The Labute approximate surface area is 125 Å². The smallest absolute Gasteiger partial charge is 0.323 e. The van der Waals surface area contributed by atoms with Crippen molar-refractivity contribution in [3.8, 4) is 5.75 Å². The van der Waals surface area contributed by atoms with Crippen molar-refractivity contribution in [2.45, 2.75) is 32.7 Å². The van der Waals surface area contributed by atoms with Gasteiger partial charge in [-0.25, -0.2) is 0 Å². The van der Waals surface area contributed by atoms with Crippen molar-refractivity contribution in [3.63, 3.8) is 0 Å². The molecule has 5 nitrogen and oxygen atoms in total. The van der Waals surface area contributed by atoms with Crippen LogP contribution < -0.4 is 15.0 Å². The predicted molar refractivity (Wildman–Crippen MR) is 83.2 cm³/mol. The van der Waals surface area contributed by atoms with Crippen LogP contribution in [0, 0.1) is 0 Å². The van der Waals surface area contributed by atoms with Gasteiger partial charge in [0.2, 0.25) is 0 Å². The van der Waals surface area contributed by atoms with E-state index in [9.17, 15) is 4.79 Å². The van der Waals surface area contributed by atoms with Gasteiger partial charge in [-0.15, -0.1) is 0 Å². The average molecular weight is 292 g/mol. The van der Waals surface area contributed by atoms with Crippen molar-refractivity contribution >= 4 is 11.7 Å². The van der Waals surface area contributed by atoms with E-state index in [2.05, 4.69) is 31.3 Å². The maximum absolute atomic E-state index is 10.9. The van der Waals surface area contributed by atoms with Crippen molar-refractivity contribution in [2.75, 3.05) is 31.1 Å². The number of hydrogen-bond donors (Lipinski definition) is 2. The van der Waals surface area contributed by atoms with E-state index in [0.29, 0.717) is 19.2 Å². The number of ether oxygens (including phenoxy) is 1. The van der Waals surface area contributed by atoms with Gasteiger partial charge in [0.15, 0.2) is 0 Å². The number of rotatable bonds is 7. The number of anilines is 1. The topological polar surface area (TPSA) is 61.8 Å². The first kappa shape index (κ1) is 15.6. The molecule has 1 aliphatic heterocycles. The molecule has 5 heteroatoms. The fourth-order valence-electron chi connectivity index (χ4n) is 2.41. The molecule has 0 aromatic heterocycles. The van der Waals surface area contributed by atoms with Crippen LogP contribution in [0.5, 0.6) is 5.75 Å². The summed E-state index contributed by atoms with van der Waals surface area (Å²) in [4.78, 5) is 12.8.